The summed E-state index contributed by atoms with van der Waals surface area (Å²) in [4.78, 5) is 4.61. The number of amidine groups is 1. The van der Waals surface area contributed by atoms with E-state index in [9.17, 15) is 4.39 Å². The molecule has 1 atom stereocenters. The molecule has 0 amide bonds. The zero-order valence-electron chi connectivity index (χ0n) is 21.6. The maximum absolute atomic E-state index is 16.0. The van der Waals surface area contributed by atoms with Crippen LogP contribution < -0.4 is 20.5 Å². The van der Waals surface area contributed by atoms with E-state index in [1.807, 2.05) is 20.8 Å². The monoisotopic (exact) mass is 520 g/mol. The first-order valence-electron chi connectivity index (χ1n) is 12.2. The Bertz CT molecular complexity index is 1440. The number of hydrogen-bond donors (Lipinski definition) is 3. The summed E-state index contributed by atoms with van der Waals surface area (Å²) >= 11 is 0. The molecule has 0 fully saturated rings. The third-order valence-corrected chi connectivity index (χ3v) is 5.70. The Labute approximate surface area is 219 Å². The van der Waals surface area contributed by atoms with Crippen LogP contribution in [0.4, 0.5) is 14.5 Å². The number of nitrogens with two attached hydrogens (primary N) is 1. The molecule has 0 radical (unpaired) electrons. The van der Waals surface area contributed by atoms with E-state index in [0.717, 1.165) is 0 Å². The van der Waals surface area contributed by atoms with Crippen molar-refractivity contribution in [3.63, 3.8) is 0 Å². The Balaban J connectivity index is 1.88. The van der Waals surface area contributed by atoms with Crippen LogP contribution in [-0.4, -0.2) is 33.3 Å². The standard InChI is InChI=1S/C28H30F2N6O2/c1-5-37-19-14-21(24(30)23(15-19)38-16(2)3)25(33-18-12-10-17(11-13-18)26(31)32)28-34-27(35-36(28)4)20-8-6-7-9-22(20)29/h6-16,25,33H,5H2,1-4H3,(H3,31,32). The summed E-state index contributed by atoms with van der Waals surface area (Å²) in [5.41, 5.74) is 7.19. The van der Waals surface area contributed by atoms with Gasteiger partial charge >= 0.3 is 0 Å². The highest BCUT2D eigenvalue weighted by atomic mass is 19.1. The van der Waals surface area contributed by atoms with Crippen LogP contribution in [0.25, 0.3) is 11.4 Å². The van der Waals surface area contributed by atoms with Crippen LogP contribution in [0.15, 0.2) is 60.7 Å². The normalized spacial score (nSPS) is 11.9. The van der Waals surface area contributed by atoms with Gasteiger partial charge in [-0.25, -0.2) is 13.8 Å². The van der Waals surface area contributed by atoms with Crippen molar-refractivity contribution in [1.82, 2.24) is 14.8 Å². The van der Waals surface area contributed by atoms with Crippen molar-refractivity contribution in [3.05, 3.63) is 89.2 Å². The van der Waals surface area contributed by atoms with Gasteiger partial charge in [0, 0.05) is 29.9 Å². The average Bonchev–Trinajstić information content (AvgIpc) is 3.26. The summed E-state index contributed by atoms with van der Waals surface area (Å²) in [5, 5.41) is 15.4. The van der Waals surface area contributed by atoms with Gasteiger partial charge in [-0.2, -0.15) is 5.10 Å². The molecule has 8 nitrogen and oxygen atoms in total. The van der Waals surface area contributed by atoms with E-state index in [1.54, 1.807) is 55.6 Å². The smallest absolute Gasteiger partial charge is 0.184 e. The topological polar surface area (TPSA) is 111 Å². The summed E-state index contributed by atoms with van der Waals surface area (Å²) in [5.74, 6) is -0.157. The lowest BCUT2D eigenvalue weighted by Gasteiger charge is -2.23. The molecule has 0 aliphatic heterocycles. The summed E-state index contributed by atoms with van der Waals surface area (Å²) in [6, 6.07) is 15.3. The van der Waals surface area contributed by atoms with E-state index in [1.165, 1.54) is 16.8 Å². The van der Waals surface area contributed by atoms with E-state index >= 15 is 4.39 Å². The lowest BCUT2D eigenvalue weighted by atomic mass is 10.0. The first-order valence-corrected chi connectivity index (χ1v) is 12.2. The molecule has 1 aromatic heterocycles. The average molecular weight is 521 g/mol. The van der Waals surface area contributed by atoms with Crippen LogP contribution >= 0.6 is 0 Å². The highest BCUT2D eigenvalue weighted by molar-refractivity contribution is 5.95. The van der Waals surface area contributed by atoms with Gasteiger partial charge in [0.1, 0.15) is 23.4 Å². The number of rotatable bonds is 10. The Kier molecular flexibility index (Phi) is 7.90. The quantitative estimate of drug-likeness (QED) is 0.190. The number of halogens is 2. The molecule has 0 aliphatic rings. The van der Waals surface area contributed by atoms with Crippen molar-refractivity contribution in [3.8, 4) is 22.9 Å². The van der Waals surface area contributed by atoms with Crippen molar-refractivity contribution in [2.24, 2.45) is 12.8 Å². The second kappa shape index (κ2) is 11.3. The molecular formula is C28H30F2N6O2. The summed E-state index contributed by atoms with van der Waals surface area (Å²) in [6.07, 6.45) is -0.276. The zero-order chi connectivity index (χ0) is 27.4. The third-order valence-electron chi connectivity index (χ3n) is 5.70. The van der Waals surface area contributed by atoms with E-state index in [4.69, 9.17) is 20.6 Å². The molecule has 4 rings (SSSR count). The van der Waals surface area contributed by atoms with Crippen molar-refractivity contribution in [2.75, 3.05) is 11.9 Å². The Morgan fingerprint density at radius 2 is 1.82 bits per heavy atom. The van der Waals surface area contributed by atoms with E-state index in [0.29, 0.717) is 29.4 Å². The van der Waals surface area contributed by atoms with Gasteiger partial charge in [0.15, 0.2) is 23.2 Å². The number of nitrogen functional groups attached to an aromatic ring is 1. The summed E-state index contributed by atoms with van der Waals surface area (Å²) in [7, 11) is 1.66. The fourth-order valence-corrected chi connectivity index (χ4v) is 3.99. The van der Waals surface area contributed by atoms with E-state index in [2.05, 4.69) is 15.4 Å². The highest BCUT2D eigenvalue weighted by Crippen LogP contribution is 2.36. The minimum absolute atomic E-state index is 0.0381. The molecule has 1 heterocycles. The number of aromatic nitrogens is 3. The fourth-order valence-electron chi connectivity index (χ4n) is 3.99. The predicted octanol–water partition coefficient (Wildman–Crippen LogP) is 5.43. The summed E-state index contributed by atoms with van der Waals surface area (Å²) < 4.78 is 43.5. The first kappa shape index (κ1) is 26.6. The number of hydrogen-bond acceptors (Lipinski definition) is 6. The Hall–Kier alpha value is -4.47. The second-order valence-electron chi connectivity index (χ2n) is 8.89. The van der Waals surface area contributed by atoms with Crippen LogP contribution in [0.3, 0.4) is 0 Å². The maximum Gasteiger partial charge on any atom is 0.184 e. The van der Waals surface area contributed by atoms with Gasteiger partial charge < -0.3 is 20.5 Å². The first-order chi connectivity index (χ1) is 18.2. The van der Waals surface area contributed by atoms with Gasteiger partial charge in [0.05, 0.1) is 18.3 Å². The highest BCUT2D eigenvalue weighted by Gasteiger charge is 2.28. The predicted molar refractivity (Wildman–Crippen MR) is 143 cm³/mol. The molecule has 10 heteroatoms. The SMILES string of the molecule is CCOc1cc(OC(C)C)c(F)c(C(Nc2ccc(C(=N)N)cc2)c2nc(-c3ccccc3F)nn2C)c1. The number of benzene rings is 3. The minimum atomic E-state index is -0.869. The van der Waals surface area contributed by atoms with Crippen LogP contribution in [0.2, 0.25) is 0 Å². The molecule has 3 aromatic carbocycles. The van der Waals surface area contributed by atoms with Crippen LogP contribution in [0, 0.1) is 17.0 Å². The molecule has 0 spiro atoms. The maximum atomic E-state index is 16.0. The molecule has 0 bridgehead atoms. The Morgan fingerprint density at radius 1 is 1.11 bits per heavy atom. The molecule has 0 saturated heterocycles. The Morgan fingerprint density at radius 3 is 2.45 bits per heavy atom. The van der Waals surface area contributed by atoms with Crippen molar-refractivity contribution in [2.45, 2.75) is 32.9 Å². The van der Waals surface area contributed by atoms with Crippen LogP contribution in [-0.2, 0) is 7.05 Å². The van der Waals surface area contributed by atoms with Crippen LogP contribution in [0.5, 0.6) is 11.5 Å². The lowest BCUT2D eigenvalue weighted by molar-refractivity contribution is 0.228. The number of anilines is 1. The van der Waals surface area contributed by atoms with Crippen molar-refractivity contribution < 1.29 is 18.3 Å². The van der Waals surface area contributed by atoms with E-state index < -0.39 is 17.7 Å². The van der Waals surface area contributed by atoms with Crippen LogP contribution in [0.1, 0.15) is 43.8 Å². The fraction of sp³-hybridized carbons (Fsp3) is 0.250. The van der Waals surface area contributed by atoms with Gasteiger partial charge in [-0.3, -0.25) is 10.1 Å². The number of nitrogens with zero attached hydrogens (tertiary/aromatic N) is 3. The summed E-state index contributed by atoms with van der Waals surface area (Å²) in [6.45, 7) is 5.82. The van der Waals surface area contributed by atoms with Crippen molar-refractivity contribution >= 4 is 11.5 Å². The molecule has 0 saturated carbocycles. The largest absolute Gasteiger partial charge is 0.494 e. The zero-order valence-corrected chi connectivity index (χ0v) is 21.6. The van der Waals surface area contributed by atoms with Gasteiger partial charge in [0.2, 0.25) is 0 Å². The van der Waals surface area contributed by atoms with Gasteiger partial charge in [0.25, 0.3) is 0 Å². The number of aryl methyl sites for hydroxylation is 1. The molecule has 38 heavy (non-hydrogen) atoms. The van der Waals surface area contributed by atoms with E-state index in [-0.39, 0.29) is 34.6 Å². The van der Waals surface area contributed by atoms with Gasteiger partial charge in [-0.1, -0.05) is 12.1 Å². The van der Waals surface area contributed by atoms with Crippen molar-refractivity contribution in [1.29, 1.82) is 5.41 Å². The van der Waals surface area contributed by atoms with Gasteiger partial charge in [-0.15, -0.1) is 0 Å². The molecule has 4 aromatic rings. The molecule has 1 unspecified atom stereocenters. The molecule has 4 N–H and O–H groups in total. The third kappa shape index (κ3) is 5.74. The lowest BCUT2D eigenvalue weighted by Crippen LogP contribution is -2.20. The number of nitrogens with one attached hydrogen (secondary N) is 2. The number of ether oxygens (including phenoxy) is 2. The molecule has 0 aliphatic carbocycles. The molecular weight excluding hydrogens is 490 g/mol. The minimum Gasteiger partial charge on any atom is -0.494 e. The second-order valence-corrected chi connectivity index (χ2v) is 8.89. The molecule has 198 valence electrons. The van der Waals surface area contributed by atoms with Gasteiger partial charge in [-0.05, 0) is 63.2 Å².